The van der Waals surface area contributed by atoms with E-state index in [2.05, 4.69) is 20.8 Å². The van der Waals surface area contributed by atoms with Crippen LogP contribution in [0.25, 0.3) is 5.69 Å². The minimum atomic E-state index is -0.127. The topological polar surface area (TPSA) is 72.7 Å². The minimum absolute atomic E-state index is 0.0561. The van der Waals surface area contributed by atoms with Gasteiger partial charge in [0.2, 0.25) is 5.91 Å². The quantitative estimate of drug-likeness (QED) is 0.844. The van der Waals surface area contributed by atoms with Crippen molar-refractivity contribution in [2.45, 2.75) is 31.3 Å². The van der Waals surface area contributed by atoms with Gasteiger partial charge in [0.25, 0.3) is 0 Å². The number of carbonyl (C=O) groups excluding carboxylic acids is 1. The number of nitrogens with one attached hydrogen (secondary N) is 1. The van der Waals surface area contributed by atoms with Crippen LogP contribution in [0.15, 0.2) is 30.3 Å². The molecule has 0 fully saturated rings. The van der Waals surface area contributed by atoms with Crippen LogP contribution in [0.2, 0.25) is 0 Å². The van der Waals surface area contributed by atoms with E-state index in [9.17, 15) is 4.79 Å². The van der Waals surface area contributed by atoms with Gasteiger partial charge in [0, 0.05) is 6.54 Å². The van der Waals surface area contributed by atoms with E-state index in [0.29, 0.717) is 12.3 Å². The molecule has 7 heteroatoms. The second-order valence-electron chi connectivity index (χ2n) is 4.59. The summed E-state index contributed by atoms with van der Waals surface area (Å²) in [5, 5.41) is 14.5. The average molecular weight is 305 g/mol. The van der Waals surface area contributed by atoms with Crippen LogP contribution in [0.4, 0.5) is 0 Å². The van der Waals surface area contributed by atoms with Crippen molar-refractivity contribution in [3.05, 3.63) is 36.2 Å². The van der Waals surface area contributed by atoms with Crippen molar-refractivity contribution in [3.63, 3.8) is 0 Å². The van der Waals surface area contributed by atoms with E-state index >= 15 is 0 Å². The third-order valence-corrected chi connectivity index (χ3v) is 4.05. The van der Waals surface area contributed by atoms with Crippen molar-refractivity contribution in [3.8, 4) is 5.69 Å². The van der Waals surface area contributed by atoms with Crippen LogP contribution in [0, 0.1) is 0 Å². The third kappa shape index (κ3) is 4.29. The van der Waals surface area contributed by atoms with Crippen LogP contribution >= 0.6 is 11.8 Å². The van der Waals surface area contributed by atoms with E-state index in [0.717, 1.165) is 17.9 Å². The third-order valence-electron chi connectivity index (χ3n) is 2.92. The van der Waals surface area contributed by atoms with E-state index < -0.39 is 0 Å². The van der Waals surface area contributed by atoms with E-state index in [4.69, 9.17) is 0 Å². The number of tetrazole rings is 1. The van der Waals surface area contributed by atoms with Gasteiger partial charge in [-0.3, -0.25) is 4.79 Å². The molecule has 0 saturated heterocycles. The lowest BCUT2D eigenvalue weighted by atomic mass is 10.3. The number of hydrogen-bond acceptors (Lipinski definition) is 5. The number of nitrogens with zero attached hydrogens (tertiary/aromatic N) is 4. The largest absolute Gasteiger partial charge is 0.355 e. The van der Waals surface area contributed by atoms with Gasteiger partial charge in [-0.15, -0.1) is 16.9 Å². The maximum Gasteiger partial charge on any atom is 0.232 e. The van der Waals surface area contributed by atoms with Crippen molar-refractivity contribution in [2.24, 2.45) is 0 Å². The highest BCUT2D eigenvalue weighted by molar-refractivity contribution is 7.99. The fraction of sp³-hybridized carbons (Fsp3) is 0.429. The van der Waals surface area contributed by atoms with E-state index in [1.165, 1.54) is 11.8 Å². The van der Waals surface area contributed by atoms with Crippen molar-refractivity contribution in [2.75, 3.05) is 6.54 Å². The first-order valence-corrected chi connectivity index (χ1v) is 7.99. The highest BCUT2D eigenvalue weighted by Gasteiger charge is 2.15. The molecule has 0 radical (unpaired) electrons. The molecule has 0 spiro atoms. The lowest BCUT2D eigenvalue weighted by Crippen LogP contribution is -2.31. The molecule has 0 saturated carbocycles. The normalized spacial score (nSPS) is 12.1. The van der Waals surface area contributed by atoms with Crippen LogP contribution in [0.5, 0.6) is 0 Å². The predicted molar refractivity (Wildman–Crippen MR) is 83.2 cm³/mol. The molecular weight excluding hydrogens is 286 g/mol. The predicted octanol–water partition coefficient (Wildman–Crippen LogP) is 1.81. The Bertz CT molecular complexity index is 572. The Labute approximate surface area is 128 Å². The minimum Gasteiger partial charge on any atom is -0.355 e. The molecule has 21 heavy (non-hydrogen) atoms. The van der Waals surface area contributed by atoms with Gasteiger partial charge in [0.15, 0.2) is 5.82 Å². The summed E-state index contributed by atoms with van der Waals surface area (Å²) in [6, 6.07) is 9.72. The molecule has 0 unspecified atom stereocenters. The summed E-state index contributed by atoms with van der Waals surface area (Å²) in [6.45, 7) is 4.64. The van der Waals surface area contributed by atoms with Crippen LogP contribution in [-0.4, -0.2) is 37.9 Å². The summed E-state index contributed by atoms with van der Waals surface area (Å²) in [4.78, 5) is 11.8. The molecule has 1 atom stereocenters. The molecule has 1 heterocycles. The lowest BCUT2D eigenvalue weighted by molar-refractivity contribution is -0.120. The van der Waals surface area contributed by atoms with E-state index in [-0.39, 0.29) is 11.2 Å². The van der Waals surface area contributed by atoms with Crippen LogP contribution in [-0.2, 0) is 10.5 Å². The second-order valence-corrected chi connectivity index (χ2v) is 5.92. The van der Waals surface area contributed by atoms with Crippen LogP contribution < -0.4 is 5.32 Å². The number of hydrogen-bond donors (Lipinski definition) is 1. The first kappa shape index (κ1) is 15.5. The summed E-state index contributed by atoms with van der Waals surface area (Å²) in [5.74, 6) is 1.38. The van der Waals surface area contributed by atoms with Gasteiger partial charge in [-0.05, 0) is 35.9 Å². The Morgan fingerprint density at radius 2 is 2.14 bits per heavy atom. The van der Waals surface area contributed by atoms with Crippen molar-refractivity contribution < 1.29 is 4.79 Å². The smallest absolute Gasteiger partial charge is 0.232 e. The zero-order valence-corrected chi connectivity index (χ0v) is 13.0. The summed E-state index contributed by atoms with van der Waals surface area (Å²) >= 11 is 1.53. The van der Waals surface area contributed by atoms with Gasteiger partial charge in [0.05, 0.1) is 16.7 Å². The highest BCUT2D eigenvalue weighted by Crippen LogP contribution is 2.18. The molecule has 0 aliphatic rings. The second kappa shape index (κ2) is 7.78. The van der Waals surface area contributed by atoms with Gasteiger partial charge in [0.1, 0.15) is 0 Å². The summed E-state index contributed by atoms with van der Waals surface area (Å²) in [5.41, 5.74) is 0.918. The number of aromatic nitrogens is 4. The van der Waals surface area contributed by atoms with E-state index in [1.54, 1.807) is 4.68 Å². The maximum atomic E-state index is 11.8. The Balaban J connectivity index is 1.96. The molecule has 112 valence electrons. The first-order valence-electron chi connectivity index (χ1n) is 6.94. The first-order chi connectivity index (χ1) is 10.2. The molecule has 0 aliphatic heterocycles. The van der Waals surface area contributed by atoms with E-state index in [1.807, 2.05) is 44.2 Å². The fourth-order valence-corrected chi connectivity index (χ4v) is 2.55. The molecule has 0 bridgehead atoms. The number of para-hydroxylation sites is 1. The fourth-order valence-electron chi connectivity index (χ4n) is 1.73. The SMILES string of the molecule is CCCNC(=O)[C@@H](C)SCc1nnnn1-c1ccccc1. The number of rotatable bonds is 7. The Morgan fingerprint density at radius 1 is 1.38 bits per heavy atom. The van der Waals surface area contributed by atoms with Gasteiger partial charge >= 0.3 is 0 Å². The standard InChI is InChI=1S/C14H19N5OS/c1-3-9-15-14(20)11(2)21-10-13-16-17-18-19(13)12-7-5-4-6-8-12/h4-8,11H,3,9-10H2,1-2H3,(H,15,20)/t11-/m1/s1. The monoisotopic (exact) mass is 305 g/mol. The highest BCUT2D eigenvalue weighted by atomic mass is 32.2. The van der Waals surface area contributed by atoms with Gasteiger partial charge in [-0.25, -0.2) is 0 Å². The summed E-state index contributed by atoms with van der Waals surface area (Å²) < 4.78 is 1.70. The number of thioether (sulfide) groups is 1. The number of carbonyl (C=O) groups is 1. The van der Waals surface area contributed by atoms with Gasteiger partial charge < -0.3 is 5.32 Å². The molecule has 1 N–H and O–H groups in total. The Morgan fingerprint density at radius 3 is 2.86 bits per heavy atom. The van der Waals surface area contributed by atoms with Crippen molar-refractivity contribution in [1.29, 1.82) is 0 Å². The van der Waals surface area contributed by atoms with Gasteiger partial charge in [-0.1, -0.05) is 25.1 Å². The van der Waals surface area contributed by atoms with Crippen LogP contribution in [0.3, 0.4) is 0 Å². The average Bonchev–Trinajstić information content (AvgIpc) is 2.99. The molecule has 1 aromatic heterocycles. The Kier molecular flexibility index (Phi) is 5.74. The zero-order valence-electron chi connectivity index (χ0n) is 12.2. The molecule has 2 aromatic rings. The number of amides is 1. The number of benzene rings is 1. The Hall–Kier alpha value is -1.89. The summed E-state index contributed by atoms with van der Waals surface area (Å²) in [6.07, 6.45) is 0.940. The molecule has 6 nitrogen and oxygen atoms in total. The van der Waals surface area contributed by atoms with Crippen molar-refractivity contribution in [1.82, 2.24) is 25.5 Å². The summed E-state index contributed by atoms with van der Waals surface area (Å²) in [7, 11) is 0. The van der Waals surface area contributed by atoms with Crippen molar-refractivity contribution >= 4 is 17.7 Å². The molecule has 2 rings (SSSR count). The van der Waals surface area contributed by atoms with Crippen LogP contribution in [0.1, 0.15) is 26.1 Å². The molecular formula is C14H19N5OS. The maximum absolute atomic E-state index is 11.8. The molecule has 0 aliphatic carbocycles. The zero-order chi connectivity index (χ0) is 15.1. The molecule has 1 amide bonds. The lowest BCUT2D eigenvalue weighted by Gasteiger charge is -2.11. The molecule has 1 aromatic carbocycles. The van der Waals surface area contributed by atoms with Gasteiger partial charge in [-0.2, -0.15) is 4.68 Å².